The normalized spacial score (nSPS) is 10.2. The molecule has 0 atom stereocenters. The van der Waals surface area contributed by atoms with Crippen molar-refractivity contribution >= 4 is 21.9 Å². The van der Waals surface area contributed by atoms with E-state index in [1.807, 2.05) is 6.07 Å². The molecule has 1 aromatic carbocycles. The zero-order valence-electron chi connectivity index (χ0n) is 8.99. The van der Waals surface area contributed by atoms with Gasteiger partial charge in [-0.3, -0.25) is 9.78 Å². The Balaban J connectivity index is 2.69. The second kappa shape index (κ2) is 4.58. The Kier molecular flexibility index (Phi) is 3.14. The van der Waals surface area contributed by atoms with Gasteiger partial charge in [0.15, 0.2) is 0 Å². The van der Waals surface area contributed by atoms with Gasteiger partial charge < -0.3 is 10.4 Å². The van der Waals surface area contributed by atoms with Crippen LogP contribution in [0.1, 0.15) is 0 Å². The number of hydrogen-bond donors (Lipinski definition) is 3. The van der Waals surface area contributed by atoms with E-state index in [1.54, 1.807) is 25.2 Å². The van der Waals surface area contributed by atoms with Gasteiger partial charge in [0.1, 0.15) is 5.56 Å². The molecule has 0 fully saturated rings. The highest BCUT2D eigenvalue weighted by Crippen LogP contribution is 2.30. The average Bonchev–Trinajstić information content (AvgIpc) is 2.30. The first kappa shape index (κ1) is 11.7. The highest BCUT2D eigenvalue weighted by atomic mass is 79.9. The molecule has 0 spiro atoms. The molecule has 2 aromatic rings. The molecule has 0 bridgehead atoms. The minimum Gasteiger partial charge on any atom is -0.493 e. The topological polar surface area (TPSA) is 78.0 Å². The number of halogens is 1. The monoisotopic (exact) mass is 295 g/mol. The Morgan fingerprint density at radius 3 is 2.71 bits per heavy atom. The van der Waals surface area contributed by atoms with Gasteiger partial charge >= 0.3 is 0 Å². The van der Waals surface area contributed by atoms with E-state index in [0.717, 1.165) is 4.47 Å². The fourth-order valence-corrected chi connectivity index (χ4v) is 1.97. The number of nitrogens with zero attached hydrogens (tertiary/aromatic N) is 1. The molecule has 0 amide bonds. The van der Waals surface area contributed by atoms with Crippen LogP contribution >= 0.6 is 15.9 Å². The number of aromatic nitrogens is 2. The Morgan fingerprint density at radius 1 is 1.41 bits per heavy atom. The molecule has 0 saturated heterocycles. The number of anilines is 1. The van der Waals surface area contributed by atoms with E-state index in [1.165, 1.54) is 0 Å². The van der Waals surface area contributed by atoms with Crippen molar-refractivity contribution in [1.82, 2.24) is 9.97 Å². The minimum absolute atomic E-state index is 0.150. The molecule has 0 saturated carbocycles. The smallest absolute Gasteiger partial charge is 0.264 e. The molecular formula is C11H10BrN3O2. The van der Waals surface area contributed by atoms with E-state index in [0.29, 0.717) is 5.56 Å². The number of rotatable bonds is 2. The van der Waals surface area contributed by atoms with Gasteiger partial charge in [-0.25, -0.2) is 0 Å². The van der Waals surface area contributed by atoms with Crippen molar-refractivity contribution in [2.75, 3.05) is 12.4 Å². The number of aromatic hydroxyl groups is 1. The first-order valence-electron chi connectivity index (χ1n) is 4.89. The largest absolute Gasteiger partial charge is 0.493 e. The third kappa shape index (κ3) is 2.16. The lowest BCUT2D eigenvalue weighted by Gasteiger charge is -2.06. The standard InChI is InChI=1S/C11H10BrN3O2/c1-13-11-14-9(16)8(10(17)15-11)6-4-2-3-5-7(6)12/h2-5H,1H3,(H3,13,14,15,16,17). The Bertz CT molecular complexity index is 610. The van der Waals surface area contributed by atoms with E-state index < -0.39 is 5.56 Å². The van der Waals surface area contributed by atoms with Crippen molar-refractivity contribution < 1.29 is 5.11 Å². The second-order valence-corrected chi connectivity index (χ2v) is 4.20. The summed E-state index contributed by atoms with van der Waals surface area (Å²) in [4.78, 5) is 18.2. The summed E-state index contributed by atoms with van der Waals surface area (Å²) in [5.41, 5.74) is 0.353. The van der Waals surface area contributed by atoms with Gasteiger partial charge in [0.25, 0.3) is 5.56 Å². The van der Waals surface area contributed by atoms with Crippen molar-refractivity contribution in [3.8, 4) is 17.0 Å². The zero-order chi connectivity index (χ0) is 12.4. The van der Waals surface area contributed by atoms with Crippen LogP contribution < -0.4 is 10.9 Å². The summed E-state index contributed by atoms with van der Waals surface area (Å²) >= 11 is 3.33. The Morgan fingerprint density at radius 2 is 2.12 bits per heavy atom. The average molecular weight is 296 g/mol. The molecule has 0 aliphatic carbocycles. The Labute approximate surface area is 106 Å². The van der Waals surface area contributed by atoms with Gasteiger partial charge in [-0.15, -0.1) is 0 Å². The second-order valence-electron chi connectivity index (χ2n) is 3.34. The molecule has 5 nitrogen and oxygen atoms in total. The maximum Gasteiger partial charge on any atom is 0.264 e. The molecular weight excluding hydrogens is 286 g/mol. The van der Waals surface area contributed by atoms with E-state index in [4.69, 9.17) is 0 Å². The van der Waals surface area contributed by atoms with Crippen LogP contribution in [0.15, 0.2) is 33.5 Å². The molecule has 1 aromatic heterocycles. The fraction of sp³-hybridized carbons (Fsp3) is 0.0909. The van der Waals surface area contributed by atoms with Gasteiger partial charge in [0, 0.05) is 17.1 Å². The first-order chi connectivity index (χ1) is 8.13. The molecule has 1 heterocycles. The quantitative estimate of drug-likeness (QED) is 0.791. The van der Waals surface area contributed by atoms with Gasteiger partial charge in [-0.2, -0.15) is 4.98 Å². The van der Waals surface area contributed by atoms with Crippen LogP contribution in [-0.4, -0.2) is 22.1 Å². The lowest BCUT2D eigenvalue weighted by atomic mass is 10.1. The van der Waals surface area contributed by atoms with Gasteiger partial charge in [0.05, 0.1) is 0 Å². The molecule has 0 unspecified atom stereocenters. The molecule has 88 valence electrons. The van der Waals surface area contributed by atoms with Crippen LogP contribution in [0.4, 0.5) is 5.95 Å². The summed E-state index contributed by atoms with van der Waals surface area (Å²) in [5.74, 6) is -0.0756. The third-order valence-corrected chi connectivity index (χ3v) is 2.97. The molecule has 0 aliphatic heterocycles. The van der Waals surface area contributed by atoms with Crippen LogP contribution in [0.25, 0.3) is 11.1 Å². The first-order valence-corrected chi connectivity index (χ1v) is 5.68. The van der Waals surface area contributed by atoms with Crippen molar-refractivity contribution in [2.45, 2.75) is 0 Å². The molecule has 17 heavy (non-hydrogen) atoms. The molecule has 0 radical (unpaired) electrons. The summed E-state index contributed by atoms with van der Waals surface area (Å²) in [6.07, 6.45) is 0. The maximum atomic E-state index is 11.9. The third-order valence-electron chi connectivity index (χ3n) is 2.28. The lowest BCUT2D eigenvalue weighted by molar-refractivity contribution is 0.454. The van der Waals surface area contributed by atoms with Gasteiger partial charge in [-0.05, 0) is 6.07 Å². The van der Waals surface area contributed by atoms with Crippen molar-refractivity contribution in [3.63, 3.8) is 0 Å². The highest BCUT2D eigenvalue weighted by molar-refractivity contribution is 9.10. The van der Waals surface area contributed by atoms with Crippen molar-refractivity contribution in [1.29, 1.82) is 0 Å². The lowest BCUT2D eigenvalue weighted by Crippen LogP contribution is -2.13. The summed E-state index contributed by atoms with van der Waals surface area (Å²) < 4.78 is 0.722. The van der Waals surface area contributed by atoms with E-state index in [2.05, 4.69) is 31.2 Å². The highest BCUT2D eigenvalue weighted by Gasteiger charge is 2.14. The summed E-state index contributed by atoms with van der Waals surface area (Å²) in [6, 6.07) is 7.13. The van der Waals surface area contributed by atoms with E-state index in [-0.39, 0.29) is 17.4 Å². The molecule has 0 aliphatic rings. The maximum absolute atomic E-state index is 11.9. The van der Waals surface area contributed by atoms with Crippen LogP contribution in [0, 0.1) is 0 Å². The van der Waals surface area contributed by atoms with Crippen molar-refractivity contribution in [3.05, 3.63) is 39.1 Å². The van der Waals surface area contributed by atoms with Gasteiger partial charge in [0.2, 0.25) is 11.8 Å². The molecule has 6 heteroatoms. The minimum atomic E-state index is -0.395. The van der Waals surface area contributed by atoms with E-state index in [9.17, 15) is 9.90 Å². The van der Waals surface area contributed by atoms with Crippen LogP contribution in [0.2, 0.25) is 0 Å². The van der Waals surface area contributed by atoms with E-state index >= 15 is 0 Å². The summed E-state index contributed by atoms with van der Waals surface area (Å²) in [7, 11) is 1.61. The SMILES string of the molecule is CNc1nc(O)c(-c2ccccc2Br)c(=O)[nH]1. The molecule has 3 N–H and O–H groups in total. The number of H-pyrrole nitrogens is 1. The van der Waals surface area contributed by atoms with Gasteiger partial charge in [-0.1, -0.05) is 34.1 Å². The van der Waals surface area contributed by atoms with Crippen LogP contribution in [0.5, 0.6) is 5.88 Å². The number of nitrogens with one attached hydrogen (secondary N) is 2. The number of benzene rings is 1. The van der Waals surface area contributed by atoms with Crippen LogP contribution in [-0.2, 0) is 0 Å². The number of aromatic amines is 1. The summed E-state index contributed by atoms with van der Waals surface area (Å²) in [6.45, 7) is 0. The fourth-order valence-electron chi connectivity index (χ4n) is 1.49. The molecule has 2 rings (SSSR count). The van der Waals surface area contributed by atoms with Crippen LogP contribution in [0.3, 0.4) is 0 Å². The Hall–Kier alpha value is -1.82. The predicted molar refractivity (Wildman–Crippen MR) is 69.2 cm³/mol. The summed E-state index contributed by atoms with van der Waals surface area (Å²) in [5, 5.41) is 12.5. The van der Waals surface area contributed by atoms with Crippen molar-refractivity contribution in [2.24, 2.45) is 0 Å². The predicted octanol–water partition coefficient (Wildman–Crippen LogP) is 1.95. The zero-order valence-corrected chi connectivity index (χ0v) is 10.6. The number of hydrogen-bond acceptors (Lipinski definition) is 4.